The summed E-state index contributed by atoms with van der Waals surface area (Å²) in [6.07, 6.45) is 9.81. The Hall–Kier alpha value is -3.09. The number of nitro groups is 1. The lowest BCUT2D eigenvalue weighted by atomic mass is 10.1. The normalized spacial score (nSPS) is 11.7. The molecule has 7 heteroatoms. The molecule has 7 nitrogen and oxygen atoms in total. The molecule has 0 aliphatic carbocycles. The van der Waals surface area contributed by atoms with Crippen molar-refractivity contribution in [1.82, 2.24) is 4.57 Å². The average molecular weight is 485 g/mol. The van der Waals surface area contributed by atoms with Crippen molar-refractivity contribution in [1.29, 1.82) is 0 Å². The summed E-state index contributed by atoms with van der Waals surface area (Å²) in [5, 5.41) is 12.1. The minimum atomic E-state index is -0.442. The van der Waals surface area contributed by atoms with Crippen molar-refractivity contribution in [2.24, 2.45) is 0 Å². The van der Waals surface area contributed by atoms with Gasteiger partial charge in [-0.3, -0.25) is 14.9 Å². The summed E-state index contributed by atoms with van der Waals surface area (Å²) in [5.74, 6) is 0.499. The Morgan fingerprint density at radius 1 is 1.11 bits per heavy atom. The summed E-state index contributed by atoms with van der Waals surface area (Å²) < 4.78 is 13.7. The van der Waals surface area contributed by atoms with Gasteiger partial charge >= 0.3 is 0 Å². The molecule has 0 aliphatic heterocycles. The van der Waals surface area contributed by atoms with Gasteiger partial charge in [0.25, 0.3) is 11.2 Å². The predicted octanol–water partition coefficient (Wildman–Crippen LogP) is 7.35. The van der Waals surface area contributed by atoms with Gasteiger partial charge < -0.3 is 14.0 Å². The number of allylic oxidation sites excluding steroid dienone is 3. The number of benzene rings is 1. The van der Waals surface area contributed by atoms with Crippen molar-refractivity contribution >= 4 is 16.6 Å². The lowest BCUT2D eigenvalue weighted by molar-refractivity contribution is -0.384. The van der Waals surface area contributed by atoms with E-state index in [1.807, 2.05) is 19.9 Å². The van der Waals surface area contributed by atoms with Crippen molar-refractivity contribution in [2.75, 3.05) is 6.61 Å². The van der Waals surface area contributed by atoms with Crippen LogP contribution in [0.4, 0.5) is 5.69 Å². The second-order valence-corrected chi connectivity index (χ2v) is 9.48. The first-order valence-corrected chi connectivity index (χ1v) is 12.6. The van der Waals surface area contributed by atoms with Crippen molar-refractivity contribution in [3.8, 4) is 11.5 Å². The Morgan fingerprint density at radius 3 is 2.49 bits per heavy atom. The highest BCUT2D eigenvalue weighted by molar-refractivity contribution is 5.89. The molecule has 0 N–H and O–H groups in total. The largest absolute Gasteiger partial charge is 0.485 e. The van der Waals surface area contributed by atoms with E-state index in [-0.39, 0.29) is 29.7 Å². The highest BCUT2D eigenvalue weighted by Crippen LogP contribution is 2.35. The Bertz CT molecular complexity index is 1120. The van der Waals surface area contributed by atoms with E-state index in [2.05, 4.69) is 33.8 Å². The second kappa shape index (κ2) is 13.7. The fourth-order valence-corrected chi connectivity index (χ4v) is 3.86. The van der Waals surface area contributed by atoms with Crippen LogP contribution in [0.1, 0.15) is 80.1 Å². The van der Waals surface area contributed by atoms with Crippen LogP contribution in [-0.4, -0.2) is 22.2 Å². The van der Waals surface area contributed by atoms with E-state index in [0.717, 1.165) is 38.5 Å². The average Bonchev–Trinajstić information content (AvgIpc) is 2.79. The molecule has 35 heavy (non-hydrogen) atoms. The van der Waals surface area contributed by atoms with Crippen LogP contribution in [0.3, 0.4) is 0 Å². The fraction of sp³-hybridized carbons (Fsp3) is 0.536. The number of unbranched alkanes of at least 4 members (excludes halogenated alkanes) is 3. The number of hydrogen-bond donors (Lipinski definition) is 0. The van der Waals surface area contributed by atoms with Gasteiger partial charge in [-0.25, -0.2) is 0 Å². The minimum absolute atomic E-state index is 0.0577. The molecule has 0 aliphatic rings. The fourth-order valence-electron chi connectivity index (χ4n) is 3.86. The zero-order valence-corrected chi connectivity index (χ0v) is 22.1. The Morgan fingerprint density at radius 2 is 1.86 bits per heavy atom. The van der Waals surface area contributed by atoms with Gasteiger partial charge in [-0.1, -0.05) is 43.4 Å². The lowest BCUT2D eigenvalue weighted by Gasteiger charge is -2.19. The van der Waals surface area contributed by atoms with Gasteiger partial charge in [0.1, 0.15) is 6.61 Å². The topological polar surface area (TPSA) is 83.6 Å². The van der Waals surface area contributed by atoms with Crippen LogP contribution < -0.4 is 15.0 Å². The van der Waals surface area contributed by atoms with Crippen LogP contribution in [0.25, 0.3) is 10.9 Å². The van der Waals surface area contributed by atoms with Gasteiger partial charge in [0.15, 0.2) is 5.75 Å². The van der Waals surface area contributed by atoms with E-state index in [4.69, 9.17) is 9.47 Å². The van der Waals surface area contributed by atoms with Gasteiger partial charge in [-0.2, -0.15) is 0 Å². The first kappa shape index (κ1) is 28.1. The van der Waals surface area contributed by atoms with Crippen molar-refractivity contribution in [2.45, 2.75) is 92.7 Å². The lowest BCUT2D eigenvalue weighted by Crippen LogP contribution is -2.25. The van der Waals surface area contributed by atoms with Crippen LogP contribution in [0.2, 0.25) is 0 Å². The zero-order valence-electron chi connectivity index (χ0n) is 22.1. The minimum Gasteiger partial charge on any atom is -0.485 e. The highest BCUT2D eigenvalue weighted by atomic mass is 16.6. The number of fused-ring (bicyclic) bond motifs is 1. The van der Waals surface area contributed by atoms with Gasteiger partial charge in [0.05, 0.1) is 16.5 Å². The van der Waals surface area contributed by atoms with Crippen molar-refractivity contribution < 1.29 is 14.4 Å². The summed E-state index contributed by atoms with van der Waals surface area (Å²) in [6.45, 7) is 12.8. The second-order valence-electron chi connectivity index (χ2n) is 9.48. The van der Waals surface area contributed by atoms with E-state index < -0.39 is 4.92 Å². The Labute approximate surface area is 208 Å². The third kappa shape index (κ3) is 8.26. The number of nitro benzene ring substituents is 1. The smallest absolute Gasteiger partial charge is 0.297 e. The molecule has 0 radical (unpaired) electrons. The number of non-ortho nitro benzene ring substituents is 1. The summed E-state index contributed by atoms with van der Waals surface area (Å²) in [4.78, 5) is 24.6. The number of rotatable bonds is 14. The summed E-state index contributed by atoms with van der Waals surface area (Å²) in [7, 11) is 0. The molecule has 1 heterocycles. The van der Waals surface area contributed by atoms with Crippen LogP contribution in [0.5, 0.6) is 11.5 Å². The number of aromatic nitrogens is 1. The van der Waals surface area contributed by atoms with E-state index in [0.29, 0.717) is 23.2 Å². The van der Waals surface area contributed by atoms with E-state index in [1.54, 1.807) is 10.6 Å². The molecule has 0 saturated carbocycles. The summed E-state index contributed by atoms with van der Waals surface area (Å²) in [6, 6.07) is 4.56. The summed E-state index contributed by atoms with van der Waals surface area (Å²) >= 11 is 0. The van der Waals surface area contributed by atoms with Crippen LogP contribution >= 0.6 is 0 Å². The molecule has 0 spiro atoms. The monoisotopic (exact) mass is 484 g/mol. The van der Waals surface area contributed by atoms with Gasteiger partial charge in [-0.05, 0) is 66.0 Å². The van der Waals surface area contributed by atoms with Crippen molar-refractivity contribution in [3.05, 3.63) is 62.0 Å². The molecule has 1 aromatic carbocycles. The van der Waals surface area contributed by atoms with E-state index in [1.165, 1.54) is 23.3 Å². The molecule has 2 aromatic rings. The van der Waals surface area contributed by atoms with E-state index in [9.17, 15) is 14.9 Å². The third-order valence-corrected chi connectivity index (χ3v) is 5.71. The van der Waals surface area contributed by atoms with Crippen LogP contribution in [0, 0.1) is 10.1 Å². The third-order valence-electron chi connectivity index (χ3n) is 5.71. The van der Waals surface area contributed by atoms with Gasteiger partial charge in [0, 0.05) is 24.1 Å². The standard InChI is InChI=1S/C28H40N2O5/c1-7-8-9-10-17-29-25-19-23(30(32)33)14-15-24(25)26(27(28(29)31)35-21(4)5)34-18-16-22(6)13-11-12-20(2)3/h12,14-16,19,21H,7-11,13,17-18H2,1-6H3. The highest BCUT2D eigenvalue weighted by Gasteiger charge is 2.22. The molecule has 0 amide bonds. The molecular weight excluding hydrogens is 444 g/mol. The molecule has 1 aromatic heterocycles. The molecular formula is C28H40N2O5. The van der Waals surface area contributed by atoms with Gasteiger partial charge in [-0.15, -0.1) is 0 Å². The number of nitrogens with zero attached hydrogens (tertiary/aromatic N) is 2. The maximum Gasteiger partial charge on any atom is 0.297 e. The number of hydrogen-bond acceptors (Lipinski definition) is 5. The quantitative estimate of drug-likeness (QED) is 0.121. The SMILES string of the molecule is CCCCCCn1c(=O)c(OC(C)C)c(OCC=C(C)CCC=C(C)C)c2ccc([N+](=O)[O-])cc21. The number of ether oxygens (including phenoxy) is 2. The maximum atomic E-state index is 13.6. The molecule has 0 bridgehead atoms. The number of aryl methyl sites for hydroxylation is 1. The van der Waals surface area contributed by atoms with Gasteiger partial charge in [0.2, 0.25) is 5.75 Å². The molecule has 192 valence electrons. The molecule has 0 fully saturated rings. The summed E-state index contributed by atoms with van der Waals surface area (Å²) in [5.41, 5.74) is 2.61. The molecule has 0 atom stereocenters. The Balaban J connectivity index is 2.52. The first-order chi connectivity index (χ1) is 16.6. The number of pyridine rings is 1. The van der Waals surface area contributed by atoms with Crippen LogP contribution in [0.15, 0.2) is 46.3 Å². The maximum absolute atomic E-state index is 13.6. The predicted molar refractivity (Wildman–Crippen MR) is 143 cm³/mol. The first-order valence-electron chi connectivity index (χ1n) is 12.6. The van der Waals surface area contributed by atoms with Crippen LogP contribution in [-0.2, 0) is 6.54 Å². The van der Waals surface area contributed by atoms with E-state index >= 15 is 0 Å². The molecule has 0 unspecified atom stereocenters. The molecule has 2 rings (SSSR count). The Kier molecular flexibility index (Phi) is 11.0. The van der Waals surface area contributed by atoms with Crippen molar-refractivity contribution in [3.63, 3.8) is 0 Å². The zero-order chi connectivity index (χ0) is 26.0. The molecule has 0 saturated heterocycles.